The zero-order valence-corrected chi connectivity index (χ0v) is 16.8. The van der Waals surface area contributed by atoms with E-state index in [-0.39, 0.29) is 18.8 Å². The Hall–Kier alpha value is -3.69. The monoisotopic (exact) mass is 429 g/mol. The van der Waals surface area contributed by atoms with Crippen LogP contribution in [-0.2, 0) is 14.3 Å². The first-order chi connectivity index (χ1) is 15.0. The highest BCUT2D eigenvalue weighted by Crippen LogP contribution is 2.32. The van der Waals surface area contributed by atoms with Gasteiger partial charge in [-0.1, -0.05) is 36.4 Å². The number of para-hydroxylation sites is 1. The average molecular weight is 429 g/mol. The van der Waals surface area contributed by atoms with E-state index >= 15 is 0 Å². The van der Waals surface area contributed by atoms with Gasteiger partial charge in [0.1, 0.15) is 18.5 Å². The molecule has 0 saturated carbocycles. The van der Waals surface area contributed by atoms with Crippen molar-refractivity contribution in [1.29, 1.82) is 0 Å². The number of aliphatic hydroxyl groups is 1. The van der Waals surface area contributed by atoms with E-state index in [2.05, 4.69) is 5.32 Å². The summed E-state index contributed by atoms with van der Waals surface area (Å²) in [6.07, 6.45) is -1.15. The van der Waals surface area contributed by atoms with Crippen LogP contribution in [0.4, 0.5) is 4.79 Å². The normalized spacial score (nSPS) is 12.7. The van der Waals surface area contributed by atoms with Crippen LogP contribution in [0.3, 0.4) is 0 Å². The number of methoxy groups -OCH3 is 1. The number of carbonyl (C=O) groups excluding carboxylic acids is 2. The van der Waals surface area contributed by atoms with Gasteiger partial charge in [-0.2, -0.15) is 0 Å². The number of hydrogen-bond acceptors (Lipinski definition) is 7. The molecule has 0 spiro atoms. The van der Waals surface area contributed by atoms with E-state index < -0.39 is 30.2 Å². The minimum Gasteiger partial charge on any atom is -0.491 e. The van der Waals surface area contributed by atoms with Crippen LogP contribution < -0.4 is 10.1 Å². The first-order valence-electron chi connectivity index (χ1n) is 9.29. The van der Waals surface area contributed by atoms with Crippen LogP contribution in [0.15, 0.2) is 66.7 Å². The first-order valence-corrected chi connectivity index (χ1v) is 9.29. The van der Waals surface area contributed by atoms with Crippen LogP contribution >= 0.6 is 0 Å². The number of aliphatic carboxylic acids is 1. The summed E-state index contributed by atoms with van der Waals surface area (Å²) in [5.74, 6) is -1.58. The molecule has 0 aliphatic carbocycles. The van der Waals surface area contributed by atoms with E-state index in [1.54, 1.807) is 42.5 Å². The molecule has 9 nitrogen and oxygen atoms in total. The highest BCUT2D eigenvalue weighted by atomic mass is 16.6. The number of aliphatic hydroxyl groups excluding tert-OH is 1. The number of nitrogens with one attached hydrogen (secondary N) is 1. The predicted molar refractivity (Wildman–Crippen MR) is 110 cm³/mol. The number of hydrogen-bond donors (Lipinski definition) is 3. The molecule has 0 aliphatic heterocycles. The Kier molecular flexibility index (Phi) is 9.21. The van der Waals surface area contributed by atoms with Gasteiger partial charge in [0, 0.05) is 24.3 Å². The molecule has 0 radical (unpaired) electrons. The van der Waals surface area contributed by atoms with E-state index in [9.17, 15) is 14.4 Å². The smallest absolute Gasteiger partial charge is 0.414 e. The number of carbonyl (C=O) groups is 3. The summed E-state index contributed by atoms with van der Waals surface area (Å²) in [5.41, 5.74) is 0.622. The Morgan fingerprint density at radius 3 is 2.39 bits per heavy atom. The summed E-state index contributed by atoms with van der Waals surface area (Å²) in [6.45, 7) is -0.246. The molecule has 0 heterocycles. The lowest BCUT2D eigenvalue weighted by Gasteiger charge is -2.25. The van der Waals surface area contributed by atoms with Gasteiger partial charge in [-0.15, -0.1) is 0 Å². The molecular formula is C22H23NO8. The molecule has 3 N–H and O–H groups in total. The zero-order valence-electron chi connectivity index (χ0n) is 16.8. The second kappa shape index (κ2) is 12.1. The summed E-state index contributed by atoms with van der Waals surface area (Å²) in [5, 5.41) is 20.1. The lowest BCUT2D eigenvalue weighted by atomic mass is 10.0. The van der Waals surface area contributed by atoms with Gasteiger partial charge in [-0.25, -0.2) is 9.59 Å². The number of imide groups is 1. The minimum atomic E-state index is -1.21. The van der Waals surface area contributed by atoms with Crippen LogP contribution in [0.1, 0.15) is 22.0 Å². The van der Waals surface area contributed by atoms with Gasteiger partial charge < -0.3 is 24.4 Å². The summed E-state index contributed by atoms with van der Waals surface area (Å²) in [6, 6.07) is 14.6. The second-order valence-corrected chi connectivity index (χ2v) is 6.15. The van der Waals surface area contributed by atoms with Crippen molar-refractivity contribution in [2.24, 2.45) is 0 Å². The Bertz CT molecular complexity index is 913. The number of ether oxygens (including phenoxy) is 3. The van der Waals surface area contributed by atoms with Crippen molar-refractivity contribution in [2.75, 3.05) is 20.3 Å². The molecule has 2 atom stereocenters. The van der Waals surface area contributed by atoms with Crippen molar-refractivity contribution >= 4 is 18.0 Å². The molecule has 0 unspecified atom stereocenters. The fraction of sp³-hybridized carbons (Fsp3) is 0.227. The number of alkyl carbamates (subject to hydrolysis) is 1. The highest BCUT2D eigenvalue weighted by molar-refractivity contribution is 6.02. The van der Waals surface area contributed by atoms with Crippen molar-refractivity contribution in [3.8, 4) is 5.75 Å². The summed E-state index contributed by atoms with van der Waals surface area (Å²) in [4.78, 5) is 35.7. The Balaban J connectivity index is 2.30. The highest BCUT2D eigenvalue weighted by Gasteiger charge is 2.29. The van der Waals surface area contributed by atoms with Crippen LogP contribution in [0.25, 0.3) is 0 Å². The Morgan fingerprint density at radius 2 is 1.74 bits per heavy atom. The van der Waals surface area contributed by atoms with E-state index in [0.29, 0.717) is 11.3 Å². The Labute approximate surface area is 178 Å². The van der Waals surface area contributed by atoms with Gasteiger partial charge in [-0.3, -0.25) is 10.1 Å². The lowest BCUT2D eigenvalue weighted by Crippen LogP contribution is -2.35. The van der Waals surface area contributed by atoms with Crippen LogP contribution in [-0.4, -0.2) is 54.6 Å². The third-order valence-corrected chi connectivity index (χ3v) is 4.06. The van der Waals surface area contributed by atoms with E-state index in [1.165, 1.54) is 25.3 Å². The van der Waals surface area contributed by atoms with Gasteiger partial charge in [0.15, 0.2) is 6.10 Å². The summed E-state index contributed by atoms with van der Waals surface area (Å²) < 4.78 is 16.3. The number of carboxylic acid groups (broad SMARTS) is 1. The maximum atomic E-state index is 12.5. The fourth-order valence-electron chi connectivity index (χ4n) is 2.69. The molecule has 2 amide bonds. The third-order valence-electron chi connectivity index (χ3n) is 4.06. The molecule has 0 aliphatic rings. The van der Waals surface area contributed by atoms with Crippen LogP contribution in [0.5, 0.6) is 5.75 Å². The van der Waals surface area contributed by atoms with Crippen LogP contribution in [0.2, 0.25) is 0 Å². The van der Waals surface area contributed by atoms with Gasteiger partial charge >= 0.3 is 12.1 Å². The standard InChI is InChI=1S/C22H23NO8/c1-29-18(11-12-19(25)26)20(16-9-5-6-10-17(16)30-14-13-24)31-22(28)23-21(27)15-7-3-2-4-8-15/h2-12,18,20,24H,13-14H2,1H3,(H,25,26)(H,23,27,28)/b12-11+/t18-,20-/m1/s1. The van der Waals surface area contributed by atoms with Crippen LogP contribution in [0, 0.1) is 0 Å². The topological polar surface area (TPSA) is 131 Å². The van der Waals surface area contributed by atoms with Gasteiger partial charge in [0.25, 0.3) is 5.91 Å². The Morgan fingerprint density at radius 1 is 1.06 bits per heavy atom. The molecule has 2 aromatic carbocycles. The minimum absolute atomic E-state index is 0.00889. The largest absolute Gasteiger partial charge is 0.491 e. The van der Waals surface area contributed by atoms with Gasteiger partial charge in [-0.05, 0) is 24.3 Å². The zero-order chi connectivity index (χ0) is 22.6. The van der Waals surface area contributed by atoms with Gasteiger partial charge in [0.05, 0.1) is 6.61 Å². The van der Waals surface area contributed by atoms with Crippen molar-refractivity contribution in [2.45, 2.75) is 12.2 Å². The fourth-order valence-corrected chi connectivity index (χ4v) is 2.69. The average Bonchev–Trinajstić information content (AvgIpc) is 2.77. The maximum absolute atomic E-state index is 12.5. The molecule has 9 heteroatoms. The van der Waals surface area contributed by atoms with E-state index in [1.807, 2.05) is 0 Å². The van der Waals surface area contributed by atoms with Crippen molar-refractivity contribution in [3.63, 3.8) is 0 Å². The molecule has 0 bridgehead atoms. The van der Waals surface area contributed by atoms with Crippen molar-refractivity contribution in [3.05, 3.63) is 77.9 Å². The molecule has 0 fully saturated rings. The predicted octanol–water partition coefficient (Wildman–Crippen LogP) is 2.32. The summed E-state index contributed by atoms with van der Waals surface area (Å²) in [7, 11) is 1.32. The lowest BCUT2D eigenvalue weighted by molar-refractivity contribution is -0.131. The first kappa shape index (κ1) is 23.6. The van der Waals surface area contributed by atoms with E-state index in [0.717, 1.165) is 6.08 Å². The SMILES string of the molecule is CO[C@H](/C=C/C(=O)O)[C@H](OC(=O)NC(=O)c1ccccc1)c1ccccc1OCCO. The third kappa shape index (κ3) is 7.25. The molecule has 164 valence electrons. The summed E-state index contributed by atoms with van der Waals surface area (Å²) >= 11 is 0. The number of benzene rings is 2. The maximum Gasteiger partial charge on any atom is 0.414 e. The van der Waals surface area contributed by atoms with E-state index in [4.69, 9.17) is 24.4 Å². The second-order valence-electron chi connectivity index (χ2n) is 6.15. The molecule has 0 aromatic heterocycles. The molecule has 0 saturated heterocycles. The molecule has 2 aromatic rings. The number of rotatable bonds is 10. The number of carboxylic acids is 1. The van der Waals surface area contributed by atoms with Crippen molar-refractivity contribution < 1.29 is 38.8 Å². The van der Waals surface area contributed by atoms with Gasteiger partial charge in [0.2, 0.25) is 0 Å². The molecular weight excluding hydrogens is 406 g/mol. The molecule has 31 heavy (non-hydrogen) atoms. The quantitative estimate of drug-likeness (QED) is 0.491. The number of amides is 2. The molecule has 2 rings (SSSR count). The van der Waals surface area contributed by atoms with Crippen molar-refractivity contribution in [1.82, 2.24) is 5.32 Å².